The highest BCUT2D eigenvalue weighted by molar-refractivity contribution is 6.42. The zero-order valence-corrected chi connectivity index (χ0v) is 14.1. The van der Waals surface area contributed by atoms with Gasteiger partial charge >= 0.3 is 0 Å². The molecular weight excluding hydrogens is 363 g/mol. The molecule has 2 aromatic rings. The average molecular weight is 374 g/mol. The van der Waals surface area contributed by atoms with E-state index in [1.807, 2.05) is 0 Å². The number of carbonyl (C=O) groups excluding carboxylic acids is 1. The van der Waals surface area contributed by atoms with Crippen molar-refractivity contribution in [2.24, 2.45) is 0 Å². The summed E-state index contributed by atoms with van der Waals surface area (Å²) in [6, 6.07) is 8.38. The van der Waals surface area contributed by atoms with Crippen molar-refractivity contribution in [3.8, 4) is 0 Å². The largest absolute Gasteiger partial charge is 0.345 e. The molecule has 0 aliphatic rings. The monoisotopic (exact) mass is 372 g/mol. The Morgan fingerprint density at radius 3 is 2.35 bits per heavy atom. The second-order valence-electron chi connectivity index (χ2n) is 4.79. The molecule has 0 aromatic heterocycles. The number of carbonyl (C=O) groups is 1. The minimum Gasteiger partial charge on any atom is -0.345 e. The lowest BCUT2D eigenvalue weighted by atomic mass is 10.1. The summed E-state index contributed by atoms with van der Waals surface area (Å²) >= 11 is 17.8. The molecule has 2 rings (SSSR count). The third-order valence-corrected chi connectivity index (χ3v) is 4.25. The number of nitro benzene ring substituents is 1. The molecule has 0 radical (unpaired) electrons. The van der Waals surface area contributed by atoms with Crippen LogP contribution in [0.15, 0.2) is 36.4 Å². The molecule has 1 N–H and O–H groups in total. The van der Waals surface area contributed by atoms with Crippen molar-refractivity contribution in [2.45, 2.75) is 13.0 Å². The topological polar surface area (TPSA) is 72.2 Å². The Balaban J connectivity index is 2.18. The van der Waals surface area contributed by atoms with E-state index in [-0.39, 0.29) is 22.3 Å². The smallest absolute Gasteiger partial charge is 0.270 e. The highest BCUT2D eigenvalue weighted by Crippen LogP contribution is 2.27. The van der Waals surface area contributed by atoms with Crippen LogP contribution in [0.2, 0.25) is 15.1 Å². The number of halogens is 3. The van der Waals surface area contributed by atoms with E-state index < -0.39 is 10.8 Å². The minimum absolute atomic E-state index is 0.0121. The Hall–Kier alpha value is -1.82. The van der Waals surface area contributed by atoms with E-state index in [1.54, 1.807) is 25.1 Å². The summed E-state index contributed by atoms with van der Waals surface area (Å²) in [5.74, 6) is -0.441. The van der Waals surface area contributed by atoms with Crippen molar-refractivity contribution < 1.29 is 9.72 Å². The second kappa shape index (κ2) is 7.17. The average Bonchev–Trinajstić information content (AvgIpc) is 2.49. The van der Waals surface area contributed by atoms with Gasteiger partial charge in [0.2, 0.25) is 0 Å². The quantitative estimate of drug-likeness (QED) is 0.602. The molecule has 1 unspecified atom stereocenters. The van der Waals surface area contributed by atoms with Gasteiger partial charge in [-0.05, 0) is 30.7 Å². The van der Waals surface area contributed by atoms with Crippen LogP contribution >= 0.6 is 34.8 Å². The van der Waals surface area contributed by atoms with Crippen LogP contribution in [-0.4, -0.2) is 10.8 Å². The molecule has 0 fully saturated rings. The molecule has 23 heavy (non-hydrogen) atoms. The molecule has 0 saturated heterocycles. The van der Waals surface area contributed by atoms with Gasteiger partial charge in [0.25, 0.3) is 11.6 Å². The summed E-state index contributed by atoms with van der Waals surface area (Å²) in [4.78, 5) is 22.4. The van der Waals surface area contributed by atoms with E-state index in [0.29, 0.717) is 10.0 Å². The summed E-state index contributed by atoms with van der Waals surface area (Å²) in [5, 5.41) is 14.3. The molecule has 120 valence electrons. The Bertz CT molecular complexity index is 781. The third kappa shape index (κ3) is 4.13. The summed E-state index contributed by atoms with van der Waals surface area (Å²) in [7, 11) is 0. The van der Waals surface area contributed by atoms with Gasteiger partial charge in [-0.3, -0.25) is 14.9 Å². The highest BCUT2D eigenvalue weighted by Gasteiger charge is 2.17. The zero-order chi connectivity index (χ0) is 17.1. The maximum Gasteiger partial charge on any atom is 0.270 e. The van der Waals surface area contributed by atoms with Gasteiger partial charge in [-0.2, -0.15) is 0 Å². The summed E-state index contributed by atoms with van der Waals surface area (Å²) < 4.78 is 0. The van der Waals surface area contributed by atoms with Crippen molar-refractivity contribution in [1.82, 2.24) is 5.32 Å². The molecule has 2 aromatic carbocycles. The van der Waals surface area contributed by atoms with Crippen LogP contribution in [0.1, 0.15) is 28.9 Å². The first-order valence-corrected chi connectivity index (χ1v) is 7.62. The first-order valence-electron chi connectivity index (χ1n) is 6.49. The molecule has 0 bridgehead atoms. The fraction of sp³-hybridized carbons (Fsp3) is 0.133. The number of amides is 1. The van der Waals surface area contributed by atoms with Crippen molar-refractivity contribution in [3.05, 3.63) is 72.7 Å². The number of nitrogens with zero attached hydrogens (tertiary/aromatic N) is 1. The fourth-order valence-electron chi connectivity index (χ4n) is 1.94. The van der Waals surface area contributed by atoms with Gasteiger partial charge in [0.1, 0.15) is 0 Å². The van der Waals surface area contributed by atoms with Crippen LogP contribution in [-0.2, 0) is 0 Å². The Morgan fingerprint density at radius 1 is 1.09 bits per heavy atom. The Kier molecular flexibility index (Phi) is 5.46. The van der Waals surface area contributed by atoms with Crippen LogP contribution in [0.5, 0.6) is 0 Å². The molecule has 0 aliphatic carbocycles. The highest BCUT2D eigenvalue weighted by atomic mass is 35.5. The SMILES string of the molecule is CC(NC(=O)c1ccc([N+](=O)[O-])cc1Cl)c1ccc(Cl)c(Cl)c1. The van der Waals surface area contributed by atoms with Crippen LogP contribution in [0.25, 0.3) is 0 Å². The van der Waals surface area contributed by atoms with Crippen molar-refractivity contribution in [1.29, 1.82) is 0 Å². The van der Waals surface area contributed by atoms with Gasteiger partial charge in [0, 0.05) is 12.1 Å². The second-order valence-corrected chi connectivity index (χ2v) is 6.01. The van der Waals surface area contributed by atoms with E-state index in [2.05, 4.69) is 5.32 Å². The molecule has 1 amide bonds. The molecule has 0 aliphatic heterocycles. The zero-order valence-electron chi connectivity index (χ0n) is 11.8. The predicted octanol–water partition coefficient (Wildman–Crippen LogP) is 5.05. The lowest BCUT2D eigenvalue weighted by Crippen LogP contribution is -2.26. The fourth-order valence-corrected chi connectivity index (χ4v) is 2.51. The third-order valence-electron chi connectivity index (χ3n) is 3.20. The number of hydrogen-bond donors (Lipinski definition) is 1. The molecule has 8 heteroatoms. The summed E-state index contributed by atoms with van der Waals surface area (Å²) in [6.45, 7) is 1.77. The number of nitro groups is 1. The van der Waals surface area contributed by atoms with Gasteiger partial charge in [0.05, 0.1) is 31.6 Å². The lowest BCUT2D eigenvalue weighted by molar-refractivity contribution is -0.384. The van der Waals surface area contributed by atoms with Crippen molar-refractivity contribution in [2.75, 3.05) is 0 Å². The van der Waals surface area contributed by atoms with Gasteiger partial charge in [0.15, 0.2) is 0 Å². The first-order chi connectivity index (χ1) is 10.8. The first kappa shape index (κ1) is 17.5. The van der Waals surface area contributed by atoms with Crippen LogP contribution < -0.4 is 5.32 Å². The van der Waals surface area contributed by atoms with E-state index in [9.17, 15) is 14.9 Å². The number of nitrogens with one attached hydrogen (secondary N) is 1. The van der Waals surface area contributed by atoms with Crippen molar-refractivity contribution in [3.63, 3.8) is 0 Å². The van der Waals surface area contributed by atoms with Crippen molar-refractivity contribution >= 4 is 46.4 Å². The Labute approximate surface area is 147 Å². The maximum atomic E-state index is 12.3. The summed E-state index contributed by atoms with van der Waals surface area (Å²) in [5.41, 5.74) is 0.749. The molecule has 1 atom stereocenters. The van der Waals surface area contributed by atoms with E-state index in [4.69, 9.17) is 34.8 Å². The number of rotatable bonds is 4. The van der Waals surface area contributed by atoms with Gasteiger partial charge in [-0.25, -0.2) is 0 Å². The van der Waals surface area contributed by atoms with E-state index >= 15 is 0 Å². The van der Waals surface area contributed by atoms with Crippen LogP contribution in [0, 0.1) is 10.1 Å². The maximum absolute atomic E-state index is 12.3. The predicted molar refractivity (Wildman–Crippen MR) is 90.4 cm³/mol. The van der Waals surface area contributed by atoms with Crippen LogP contribution in [0.4, 0.5) is 5.69 Å². The van der Waals surface area contributed by atoms with Gasteiger partial charge < -0.3 is 5.32 Å². The molecular formula is C15H11Cl3N2O3. The molecule has 0 saturated carbocycles. The Morgan fingerprint density at radius 2 is 1.78 bits per heavy atom. The summed E-state index contributed by atoms with van der Waals surface area (Å²) in [6.07, 6.45) is 0. The molecule has 0 heterocycles. The lowest BCUT2D eigenvalue weighted by Gasteiger charge is -2.15. The van der Waals surface area contributed by atoms with E-state index in [0.717, 1.165) is 11.6 Å². The number of hydrogen-bond acceptors (Lipinski definition) is 3. The minimum atomic E-state index is -0.577. The molecule has 0 spiro atoms. The van der Waals surface area contributed by atoms with Gasteiger partial charge in [-0.1, -0.05) is 40.9 Å². The van der Waals surface area contributed by atoms with E-state index in [1.165, 1.54) is 12.1 Å². The standard InChI is InChI=1S/C15H11Cl3N2O3/c1-8(9-2-5-12(16)14(18)6-9)19-15(21)11-4-3-10(20(22)23)7-13(11)17/h2-8H,1H3,(H,19,21). The van der Waals surface area contributed by atoms with Crippen LogP contribution in [0.3, 0.4) is 0 Å². The van der Waals surface area contributed by atoms with Gasteiger partial charge in [-0.15, -0.1) is 0 Å². The number of benzene rings is 2. The molecule has 5 nitrogen and oxygen atoms in total. The number of non-ortho nitro benzene ring substituents is 1. The normalized spacial score (nSPS) is 11.8.